The molecular weight excluding hydrogens is 404 g/mol. The van der Waals surface area contributed by atoms with Crippen LogP contribution in [0.1, 0.15) is 62.8 Å². The highest BCUT2D eigenvalue weighted by Gasteiger charge is 2.32. The lowest BCUT2D eigenvalue weighted by Gasteiger charge is -2.17. The number of aromatic nitrogens is 3. The van der Waals surface area contributed by atoms with Crippen molar-refractivity contribution in [3.63, 3.8) is 0 Å². The Morgan fingerprint density at radius 2 is 2.16 bits per heavy atom. The molecule has 0 spiro atoms. The summed E-state index contributed by atoms with van der Waals surface area (Å²) >= 11 is 0. The molecule has 2 heterocycles. The van der Waals surface area contributed by atoms with Crippen molar-refractivity contribution < 1.29 is 16.4 Å². The first-order chi connectivity index (χ1) is 14.8. The molecule has 1 saturated carbocycles. The van der Waals surface area contributed by atoms with Crippen molar-refractivity contribution in [2.75, 3.05) is 0 Å². The number of aryl methyl sites for hydroxylation is 1. The topological polar surface area (TPSA) is 112 Å². The van der Waals surface area contributed by atoms with E-state index in [0.717, 1.165) is 18.9 Å². The summed E-state index contributed by atoms with van der Waals surface area (Å²) in [5.41, 5.74) is 1.46. The molecule has 1 aliphatic carbocycles. The molecule has 9 heteroatoms. The van der Waals surface area contributed by atoms with E-state index in [1.165, 1.54) is 12.3 Å². The normalized spacial score (nSPS) is 14.3. The van der Waals surface area contributed by atoms with Crippen LogP contribution in [0.2, 0.25) is 0 Å². The predicted molar refractivity (Wildman–Crippen MR) is 112 cm³/mol. The number of nitrogens with zero attached hydrogens (tertiary/aromatic N) is 3. The minimum absolute atomic E-state index is 0. The van der Waals surface area contributed by atoms with E-state index < -0.39 is 29.1 Å². The van der Waals surface area contributed by atoms with E-state index in [4.69, 9.17) is 5.26 Å². The molecule has 7 nitrogen and oxygen atoms in total. The fourth-order valence-corrected chi connectivity index (χ4v) is 3.88. The van der Waals surface area contributed by atoms with E-state index in [1.54, 1.807) is 13.8 Å². The van der Waals surface area contributed by atoms with Crippen molar-refractivity contribution in [3.05, 3.63) is 68.5 Å². The number of H-pyrrole nitrogens is 1. The first kappa shape index (κ1) is 20.6. The Kier molecular flexibility index (Phi) is 5.23. The zero-order valence-electron chi connectivity index (χ0n) is 16.9. The summed E-state index contributed by atoms with van der Waals surface area (Å²) in [5, 5.41) is 11.7. The number of carbonyl (C=O) groups excluding carboxylic acids is 1. The van der Waals surface area contributed by atoms with Gasteiger partial charge in [-0.25, -0.2) is 13.8 Å². The lowest BCUT2D eigenvalue weighted by molar-refractivity contribution is -0.121. The van der Waals surface area contributed by atoms with Crippen molar-refractivity contribution in [2.45, 2.75) is 45.1 Å². The van der Waals surface area contributed by atoms with E-state index in [2.05, 4.69) is 20.3 Å². The molecule has 1 aromatic carbocycles. The Morgan fingerprint density at radius 1 is 1.42 bits per heavy atom. The van der Waals surface area contributed by atoms with Crippen molar-refractivity contribution >= 4 is 16.8 Å². The molecule has 2 N–H and O–H groups in total. The van der Waals surface area contributed by atoms with Crippen LogP contribution in [0.4, 0.5) is 8.78 Å². The summed E-state index contributed by atoms with van der Waals surface area (Å²) in [5.74, 6) is -2.55. The molecule has 1 fully saturated rings. The molecule has 1 atom stereocenters. The summed E-state index contributed by atoms with van der Waals surface area (Å²) in [6, 6.07) is 3.68. The fourth-order valence-electron chi connectivity index (χ4n) is 3.88. The number of carbonyl (C=O) groups is 1. The monoisotopic (exact) mass is 427 g/mol. The van der Waals surface area contributed by atoms with Crippen molar-refractivity contribution in [2.24, 2.45) is 0 Å². The zero-order valence-corrected chi connectivity index (χ0v) is 16.9. The van der Waals surface area contributed by atoms with Gasteiger partial charge in [-0.3, -0.25) is 14.6 Å². The smallest absolute Gasteiger partial charge is 0.252 e. The minimum Gasteiger partial charge on any atom is -0.348 e. The van der Waals surface area contributed by atoms with Gasteiger partial charge in [-0.15, -0.1) is 0 Å². The number of halogens is 2. The molecule has 4 rings (SSSR count). The van der Waals surface area contributed by atoms with E-state index in [-0.39, 0.29) is 37.4 Å². The van der Waals surface area contributed by atoms with Crippen LogP contribution in [0.3, 0.4) is 0 Å². The highest BCUT2D eigenvalue weighted by molar-refractivity contribution is 5.87. The molecule has 0 bridgehead atoms. The van der Waals surface area contributed by atoms with Gasteiger partial charge in [0, 0.05) is 13.8 Å². The first-order valence-corrected chi connectivity index (χ1v) is 9.86. The van der Waals surface area contributed by atoms with E-state index in [0.29, 0.717) is 17.0 Å². The molecule has 0 unspecified atom stereocenters. The van der Waals surface area contributed by atoms with Gasteiger partial charge in [0.05, 0.1) is 35.6 Å². The Hall–Kier alpha value is -3.67. The van der Waals surface area contributed by atoms with Crippen LogP contribution in [0.5, 0.6) is 0 Å². The van der Waals surface area contributed by atoms with Gasteiger partial charge in [0.15, 0.2) is 17.3 Å². The van der Waals surface area contributed by atoms with Gasteiger partial charge in [-0.1, -0.05) is 0 Å². The number of fused-ring (bicyclic) bond motifs is 1. The quantitative estimate of drug-likeness (QED) is 0.647. The first-order valence-electron chi connectivity index (χ1n) is 9.86. The molecule has 2 aromatic heterocycles. The van der Waals surface area contributed by atoms with Crippen molar-refractivity contribution in [3.8, 4) is 6.07 Å². The largest absolute Gasteiger partial charge is 0.348 e. The molecule has 0 aliphatic heterocycles. The van der Waals surface area contributed by atoms with Crippen molar-refractivity contribution in [1.82, 2.24) is 20.3 Å². The number of nitriles is 1. The summed E-state index contributed by atoms with van der Waals surface area (Å²) in [6.45, 7) is 3.39. The summed E-state index contributed by atoms with van der Waals surface area (Å²) in [6.07, 6.45) is 2.54. The Morgan fingerprint density at radius 3 is 2.81 bits per heavy atom. The molecule has 3 aromatic rings. The SMILES string of the molecule is Cc1nc(C#N)cnc1[C@H](C)NC(=O)Cc1c(C2CC2)c2c(F)c(F)ccc2[nH]c1=O.[HH].[HH]. The van der Waals surface area contributed by atoms with Crippen LogP contribution in [0.25, 0.3) is 10.9 Å². The summed E-state index contributed by atoms with van der Waals surface area (Å²) in [7, 11) is 0. The highest BCUT2D eigenvalue weighted by atomic mass is 19.2. The summed E-state index contributed by atoms with van der Waals surface area (Å²) < 4.78 is 28.5. The molecule has 0 radical (unpaired) electrons. The number of amides is 1. The Balaban J connectivity index is 0.00000193. The van der Waals surface area contributed by atoms with Crippen LogP contribution >= 0.6 is 0 Å². The maximum Gasteiger partial charge on any atom is 0.252 e. The maximum atomic E-state index is 14.6. The van der Waals surface area contributed by atoms with Gasteiger partial charge in [0.25, 0.3) is 5.56 Å². The van der Waals surface area contributed by atoms with Crippen molar-refractivity contribution in [1.29, 1.82) is 5.26 Å². The maximum absolute atomic E-state index is 14.6. The number of benzene rings is 1. The molecule has 0 saturated heterocycles. The standard InChI is InChI=1S/C22H19F2N5O2.2H2/c1-10-21(26-9-13(8-25)27-10)11(2)28-17(30)7-14-18(12-3-4-12)19-16(29-22(14)31)6-5-15(23)20(19)24;;/h5-6,9,11-12H,3-4,7H2,1-2H3,(H,28,30)(H,29,31);2*1H/t11-;;/m0../s1. The Labute approximate surface area is 179 Å². The third kappa shape index (κ3) is 3.89. The third-order valence-electron chi connectivity index (χ3n) is 5.42. The van der Waals surface area contributed by atoms with Crippen LogP contribution in [0, 0.1) is 29.9 Å². The zero-order chi connectivity index (χ0) is 22.3. The number of pyridine rings is 1. The fraction of sp³-hybridized carbons (Fsp3) is 0.318. The molecule has 1 amide bonds. The minimum atomic E-state index is -1.02. The van der Waals surface area contributed by atoms with E-state index in [9.17, 15) is 18.4 Å². The average molecular weight is 427 g/mol. The molecular formula is C22H23F2N5O2. The number of hydrogen-bond acceptors (Lipinski definition) is 5. The van der Waals surface area contributed by atoms with E-state index >= 15 is 0 Å². The summed E-state index contributed by atoms with van der Waals surface area (Å²) in [4.78, 5) is 36.3. The average Bonchev–Trinajstić information content (AvgIpc) is 3.56. The van der Waals surface area contributed by atoms with Gasteiger partial charge in [-0.2, -0.15) is 5.26 Å². The van der Waals surface area contributed by atoms with Crippen LogP contribution in [-0.2, 0) is 11.2 Å². The van der Waals surface area contributed by atoms with Gasteiger partial charge in [0.2, 0.25) is 5.91 Å². The predicted octanol–water partition coefficient (Wildman–Crippen LogP) is 3.57. The van der Waals surface area contributed by atoms with Gasteiger partial charge in [-0.05, 0) is 50.3 Å². The second-order valence-electron chi connectivity index (χ2n) is 7.71. The second kappa shape index (κ2) is 7.87. The van der Waals surface area contributed by atoms with E-state index in [1.807, 2.05) is 6.07 Å². The number of rotatable bonds is 5. The van der Waals surface area contributed by atoms with Crippen LogP contribution < -0.4 is 10.9 Å². The number of aromatic amines is 1. The molecule has 31 heavy (non-hydrogen) atoms. The van der Waals surface area contributed by atoms with Gasteiger partial charge >= 0.3 is 0 Å². The third-order valence-corrected chi connectivity index (χ3v) is 5.42. The van der Waals surface area contributed by atoms with Gasteiger partial charge < -0.3 is 10.3 Å². The lowest BCUT2D eigenvalue weighted by atomic mass is 9.96. The Bertz CT molecular complexity index is 1320. The highest BCUT2D eigenvalue weighted by Crippen LogP contribution is 2.44. The number of hydrogen-bond donors (Lipinski definition) is 2. The van der Waals surface area contributed by atoms with Gasteiger partial charge in [0.1, 0.15) is 6.07 Å². The number of nitrogens with one attached hydrogen (secondary N) is 2. The van der Waals surface area contributed by atoms with Crippen LogP contribution in [-0.4, -0.2) is 20.9 Å². The second-order valence-corrected chi connectivity index (χ2v) is 7.71. The van der Waals surface area contributed by atoms with Crippen LogP contribution in [0.15, 0.2) is 23.1 Å². The molecule has 162 valence electrons. The lowest BCUT2D eigenvalue weighted by Crippen LogP contribution is -2.32. The molecule has 1 aliphatic rings.